The number of fused-ring (bicyclic) bond motifs is 3. The molecule has 2 aromatic heterocycles. The van der Waals surface area contributed by atoms with Gasteiger partial charge in [-0.1, -0.05) is 34.5 Å². The maximum absolute atomic E-state index is 13.1. The van der Waals surface area contributed by atoms with Gasteiger partial charge in [-0.3, -0.25) is 0 Å². The third kappa shape index (κ3) is 5.39. The molecule has 0 spiro atoms. The first-order valence-corrected chi connectivity index (χ1v) is 15.3. The van der Waals surface area contributed by atoms with Gasteiger partial charge < -0.3 is 23.6 Å². The summed E-state index contributed by atoms with van der Waals surface area (Å²) in [4.78, 5) is 19.4. The molecule has 0 N–H and O–H groups in total. The van der Waals surface area contributed by atoms with E-state index in [2.05, 4.69) is 20.7 Å². The van der Waals surface area contributed by atoms with E-state index in [1.165, 1.54) is 30.6 Å². The number of terminal acetylenes is 1. The molecule has 2 bridgehead atoms. The molecule has 3 fully saturated rings. The van der Waals surface area contributed by atoms with Crippen LogP contribution in [0.2, 0.25) is 0 Å². The van der Waals surface area contributed by atoms with Gasteiger partial charge in [0, 0.05) is 29.1 Å². The predicted octanol–water partition coefficient (Wildman–Crippen LogP) is 7.21. The normalized spacial score (nSPS) is 21.4. The van der Waals surface area contributed by atoms with Crippen molar-refractivity contribution < 1.29 is 36.7 Å². The first-order chi connectivity index (χ1) is 21.2. The average Bonchev–Trinajstić information content (AvgIpc) is 3.52. The summed E-state index contributed by atoms with van der Waals surface area (Å²) in [5, 5.41) is 5.06. The standard InChI is InChI=1S/C32H28F3N3O5S/c1-3-17-12-19(30(39)40-2)13-26-27(17)36-31(44-26)38-20-10-11-21(38)15-22(14-20)41-16-24-28(37-43-29(24)18-8-9-18)23-6-4-5-7-25(23)42-32(33,34)35/h1,4-7,12-13,18,20-22H,8-11,14-16H2,2H3/t20-,21+,22?. The zero-order chi connectivity index (χ0) is 30.6. The van der Waals surface area contributed by atoms with Crippen molar-refractivity contribution in [2.75, 3.05) is 12.0 Å². The number of piperidine rings is 1. The van der Waals surface area contributed by atoms with Gasteiger partial charge in [-0.15, -0.1) is 19.6 Å². The summed E-state index contributed by atoms with van der Waals surface area (Å²) in [6, 6.07) is 9.78. The molecule has 1 unspecified atom stereocenters. The second kappa shape index (κ2) is 11.1. The Kier molecular flexibility index (Phi) is 7.25. The number of benzene rings is 2. The minimum atomic E-state index is -4.83. The second-order valence-corrected chi connectivity index (χ2v) is 12.4. The van der Waals surface area contributed by atoms with Crippen molar-refractivity contribution >= 4 is 32.7 Å². The minimum Gasteiger partial charge on any atom is -0.465 e. The number of anilines is 1. The van der Waals surface area contributed by atoms with Crippen LogP contribution in [0.1, 0.15) is 71.7 Å². The molecule has 3 aliphatic rings. The molecule has 1 saturated carbocycles. The zero-order valence-electron chi connectivity index (χ0n) is 23.7. The lowest BCUT2D eigenvalue weighted by molar-refractivity contribution is -0.274. The zero-order valence-corrected chi connectivity index (χ0v) is 24.5. The molecular formula is C32H28F3N3O5S. The number of aromatic nitrogens is 2. The highest BCUT2D eigenvalue weighted by Gasteiger charge is 2.43. The SMILES string of the molecule is C#Cc1cc(C(=O)OC)cc2sc(N3[C@@H]4CC[C@H]3CC(OCc3c(-c5ccccc5OC(F)(F)F)noc3C3CC3)C4)nc12. The number of carbonyl (C=O) groups is 1. The van der Waals surface area contributed by atoms with Gasteiger partial charge in [0.05, 0.1) is 41.2 Å². The second-order valence-electron chi connectivity index (χ2n) is 11.4. The maximum atomic E-state index is 13.1. The summed E-state index contributed by atoms with van der Waals surface area (Å²) in [6.45, 7) is 0.179. The molecule has 228 valence electrons. The van der Waals surface area contributed by atoms with E-state index in [-0.39, 0.29) is 42.0 Å². The first-order valence-electron chi connectivity index (χ1n) is 14.5. The summed E-state index contributed by atoms with van der Waals surface area (Å²) in [5.41, 5.74) is 2.85. The van der Waals surface area contributed by atoms with E-state index in [1.54, 1.807) is 24.3 Å². The van der Waals surface area contributed by atoms with E-state index in [0.717, 1.165) is 48.4 Å². The molecule has 4 aromatic rings. The number of thiazole rings is 1. The van der Waals surface area contributed by atoms with E-state index in [9.17, 15) is 18.0 Å². The van der Waals surface area contributed by atoms with Crippen LogP contribution in [0.15, 0.2) is 40.9 Å². The van der Waals surface area contributed by atoms with Gasteiger partial charge in [0.1, 0.15) is 17.2 Å². The molecule has 44 heavy (non-hydrogen) atoms. The third-order valence-electron chi connectivity index (χ3n) is 8.57. The molecule has 0 amide bonds. The Hall–Kier alpha value is -4.08. The predicted molar refractivity (Wildman–Crippen MR) is 157 cm³/mol. The number of esters is 1. The smallest absolute Gasteiger partial charge is 0.465 e. The molecule has 7 rings (SSSR count). The van der Waals surface area contributed by atoms with E-state index in [4.69, 9.17) is 25.4 Å². The van der Waals surface area contributed by atoms with Gasteiger partial charge in [0.2, 0.25) is 0 Å². The lowest BCUT2D eigenvalue weighted by atomic mass is 10.00. The van der Waals surface area contributed by atoms with Crippen LogP contribution in [0.5, 0.6) is 5.75 Å². The topological polar surface area (TPSA) is 86.9 Å². The van der Waals surface area contributed by atoms with E-state index in [0.29, 0.717) is 33.7 Å². The number of methoxy groups -OCH3 is 1. The lowest BCUT2D eigenvalue weighted by Crippen LogP contribution is -2.45. The van der Waals surface area contributed by atoms with Crippen LogP contribution in [0, 0.1) is 12.3 Å². The maximum Gasteiger partial charge on any atom is 0.573 e. The molecule has 2 aliphatic heterocycles. The highest BCUT2D eigenvalue weighted by molar-refractivity contribution is 7.22. The number of nitrogens with zero attached hydrogens (tertiary/aromatic N) is 3. The van der Waals surface area contributed by atoms with Crippen LogP contribution < -0.4 is 9.64 Å². The quantitative estimate of drug-likeness (QED) is 0.150. The van der Waals surface area contributed by atoms with Gasteiger partial charge in [-0.2, -0.15) is 0 Å². The summed E-state index contributed by atoms with van der Waals surface area (Å²) >= 11 is 1.51. The monoisotopic (exact) mass is 623 g/mol. The van der Waals surface area contributed by atoms with Gasteiger partial charge in [-0.05, 0) is 62.8 Å². The number of hydrogen-bond donors (Lipinski definition) is 0. The van der Waals surface area contributed by atoms with Crippen LogP contribution in [-0.2, 0) is 16.1 Å². The molecule has 12 heteroatoms. The number of hydrogen-bond acceptors (Lipinski definition) is 9. The fraction of sp³-hybridized carbons (Fsp3) is 0.406. The largest absolute Gasteiger partial charge is 0.573 e. The summed E-state index contributed by atoms with van der Waals surface area (Å²) in [6.07, 6.45) is 6.27. The first kappa shape index (κ1) is 28.7. The van der Waals surface area contributed by atoms with Crippen molar-refractivity contribution in [1.29, 1.82) is 0 Å². The van der Waals surface area contributed by atoms with Gasteiger partial charge >= 0.3 is 12.3 Å². The number of ether oxygens (including phenoxy) is 3. The Morgan fingerprint density at radius 3 is 2.59 bits per heavy atom. The van der Waals surface area contributed by atoms with Crippen LogP contribution in [0.3, 0.4) is 0 Å². The number of alkyl halides is 3. The van der Waals surface area contributed by atoms with Crippen molar-refractivity contribution in [3.8, 4) is 29.4 Å². The van der Waals surface area contributed by atoms with Gasteiger partial charge in [0.15, 0.2) is 5.13 Å². The molecule has 0 radical (unpaired) electrons. The molecular weight excluding hydrogens is 595 g/mol. The minimum absolute atomic E-state index is 0.0539. The van der Waals surface area contributed by atoms with Crippen molar-refractivity contribution in [2.24, 2.45) is 0 Å². The number of rotatable bonds is 8. The molecule has 3 atom stereocenters. The van der Waals surface area contributed by atoms with Crippen LogP contribution in [-0.4, -0.2) is 47.8 Å². The summed E-state index contributed by atoms with van der Waals surface area (Å²) in [5.74, 6) is 2.74. The Bertz CT molecular complexity index is 1760. The number of para-hydroxylation sites is 1. The summed E-state index contributed by atoms with van der Waals surface area (Å²) in [7, 11) is 1.34. The van der Waals surface area contributed by atoms with Crippen molar-refractivity contribution in [2.45, 2.75) is 75.6 Å². The van der Waals surface area contributed by atoms with Crippen LogP contribution in [0.25, 0.3) is 21.5 Å². The van der Waals surface area contributed by atoms with Crippen molar-refractivity contribution in [1.82, 2.24) is 10.1 Å². The Morgan fingerprint density at radius 2 is 1.91 bits per heavy atom. The third-order valence-corrected chi connectivity index (χ3v) is 9.58. The fourth-order valence-electron chi connectivity index (χ4n) is 6.47. The molecule has 8 nitrogen and oxygen atoms in total. The molecule has 2 saturated heterocycles. The van der Waals surface area contributed by atoms with E-state index < -0.39 is 12.3 Å². The Labute approximate surface area is 255 Å². The average molecular weight is 624 g/mol. The van der Waals surface area contributed by atoms with Gasteiger partial charge in [-0.25, -0.2) is 9.78 Å². The highest BCUT2D eigenvalue weighted by atomic mass is 32.1. The highest BCUT2D eigenvalue weighted by Crippen LogP contribution is 2.47. The van der Waals surface area contributed by atoms with Crippen molar-refractivity contribution in [3.63, 3.8) is 0 Å². The molecule has 2 aromatic carbocycles. The van der Waals surface area contributed by atoms with Gasteiger partial charge in [0.25, 0.3) is 0 Å². The Balaban J connectivity index is 1.11. The van der Waals surface area contributed by atoms with E-state index in [1.807, 2.05) is 0 Å². The Morgan fingerprint density at radius 1 is 1.16 bits per heavy atom. The molecule has 4 heterocycles. The summed E-state index contributed by atoms with van der Waals surface area (Å²) < 4.78 is 61.6. The number of halogens is 3. The fourth-order valence-corrected chi connectivity index (χ4v) is 7.64. The van der Waals surface area contributed by atoms with Crippen LogP contribution >= 0.6 is 11.3 Å². The number of carbonyl (C=O) groups excluding carboxylic acids is 1. The molecule has 1 aliphatic carbocycles. The van der Waals surface area contributed by atoms with E-state index >= 15 is 0 Å². The van der Waals surface area contributed by atoms with Crippen LogP contribution in [0.4, 0.5) is 18.3 Å². The lowest BCUT2D eigenvalue weighted by Gasteiger charge is -2.38. The van der Waals surface area contributed by atoms with Crippen molar-refractivity contribution in [3.05, 3.63) is 58.8 Å².